The van der Waals surface area contributed by atoms with Crippen LogP contribution in [-0.4, -0.2) is 10.8 Å². The summed E-state index contributed by atoms with van der Waals surface area (Å²) >= 11 is 0. The van der Waals surface area contributed by atoms with Gasteiger partial charge in [-0.2, -0.15) is 0 Å². The summed E-state index contributed by atoms with van der Waals surface area (Å²) in [6.07, 6.45) is 10.0. The highest BCUT2D eigenvalue weighted by molar-refractivity contribution is 5.88. The van der Waals surface area contributed by atoms with Crippen LogP contribution in [0.4, 0.5) is 4.39 Å². The number of pyridine rings is 1. The van der Waals surface area contributed by atoms with Crippen LogP contribution in [0.1, 0.15) is 64.4 Å². The summed E-state index contributed by atoms with van der Waals surface area (Å²) in [4.78, 5) is 17.6. The second-order valence-corrected chi connectivity index (χ2v) is 8.66. The van der Waals surface area contributed by atoms with E-state index in [2.05, 4.69) is 18.5 Å². The van der Waals surface area contributed by atoms with E-state index >= 15 is 0 Å². The third-order valence-corrected chi connectivity index (χ3v) is 5.91. The first-order valence-corrected chi connectivity index (χ1v) is 10.1. The molecule has 2 nitrogen and oxygen atoms in total. The fourth-order valence-electron chi connectivity index (χ4n) is 4.64. The van der Waals surface area contributed by atoms with Gasteiger partial charge in [0.2, 0.25) is 0 Å². The summed E-state index contributed by atoms with van der Waals surface area (Å²) in [6.45, 7) is 8.18. The van der Waals surface area contributed by atoms with Gasteiger partial charge in [-0.05, 0) is 43.4 Å². The highest BCUT2D eigenvalue weighted by atomic mass is 19.1. The molecular formula is C24H30FNO. The lowest BCUT2D eigenvalue weighted by Crippen LogP contribution is -2.32. The molecule has 0 saturated heterocycles. The number of nitrogens with zero attached hydrogens (tertiary/aromatic N) is 1. The summed E-state index contributed by atoms with van der Waals surface area (Å²) in [5.74, 6) is 0.555. The van der Waals surface area contributed by atoms with Crippen molar-refractivity contribution in [1.82, 2.24) is 4.98 Å². The first kappa shape index (κ1) is 19.7. The molecule has 2 aromatic rings. The van der Waals surface area contributed by atoms with Crippen molar-refractivity contribution in [2.24, 2.45) is 11.3 Å². The highest BCUT2D eigenvalue weighted by Crippen LogP contribution is 2.39. The number of ketones is 1. The van der Waals surface area contributed by atoms with Gasteiger partial charge in [-0.15, -0.1) is 6.58 Å². The van der Waals surface area contributed by atoms with Crippen LogP contribution >= 0.6 is 0 Å². The van der Waals surface area contributed by atoms with Crippen molar-refractivity contribution in [2.75, 3.05) is 0 Å². The number of carbonyl (C=O) groups is 1. The number of carbonyl (C=O) groups excluding carboxylic acids is 1. The van der Waals surface area contributed by atoms with Gasteiger partial charge in [-0.25, -0.2) is 4.39 Å². The molecule has 0 aliphatic heterocycles. The maximum absolute atomic E-state index is 13.8. The van der Waals surface area contributed by atoms with Crippen molar-refractivity contribution < 1.29 is 9.18 Å². The smallest absolute Gasteiger partial charge is 0.149 e. The molecule has 3 heteroatoms. The van der Waals surface area contributed by atoms with Crippen molar-refractivity contribution >= 4 is 16.7 Å². The van der Waals surface area contributed by atoms with Crippen LogP contribution in [0.25, 0.3) is 10.9 Å². The van der Waals surface area contributed by atoms with E-state index in [1.165, 1.54) is 38.2 Å². The van der Waals surface area contributed by atoms with Gasteiger partial charge < -0.3 is 0 Å². The Kier molecular flexibility index (Phi) is 6.08. The molecule has 1 saturated carbocycles. The summed E-state index contributed by atoms with van der Waals surface area (Å²) in [6, 6.07) is 6.83. The van der Waals surface area contributed by atoms with Crippen LogP contribution in [0.5, 0.6) is 0 Å². The zero-order chi connectivity index (χ0) is 19.4. The van der Waals surface area contributed by atoms with E-state index in [-0.39, 0.29) is 17.0 Å². The number of Topliss-reactive ketones (excluding diaryl/α,β-unsaturated/α-hetero) is 1. The van der Waals surface area contributed by atoms with Crippen molar-refractivity contribution in [3.05, 3.63) is 54.0 Å². The summed E-state index contributed by atoms with van der Waals surface area (Å²) in [5.41, 5.74) is 1.89. The number of halogens is 1. The minimum absolute atomic E-state index is 0.244. The molecule has 0 spiro atoms. The van der Waals surface area contributed by atoms with E-state index in [0.29, 0.717) is 17.9 Å². The van der Waals surface area contributed by atoms with Crippen LogP contribution in [-0.2, 0) is 11.2 Å². The SMILES string of the molecule is C=C(C)CC(C)(CC1CCCCC1)C(=O)Cc1cnc2c(F)cccc2c1. The van der Waals surface area contributed by atoms with Gasteiger partial charge in [0, 0.05) is 23.4 Å². The predicted molar refractivity (Wildman–Crippen MR) is 109 cm³/mol. The summed E-state index contributed by atoms with van der Waals surface area (Å²) in [5, 5.41) is 0.745. The zero-order valence-corrected chi connectivity index (χ0v) is 16.6. The molecule has 1 aromatic carbocycles. The molecule has 1 fully saturated rings. The number of benzene rings is 1. The van der Waals surface area contributed by atoms with E-state index in [9.17, 15) is 9.18 Å². The quantitative estimate of drug-likeness (QED) is 0.528. The van der Waals surface area contributed by atoms with Gasteiger partial charge in [0.25, 0.3) is 0 Å². The minimum Gasteiger partial charge on any atom is -0.299 e. The average molecular weight is 368 g/mol. The fraction of sp³-hybridized carbons (Fsp3) is 0.500. The largest absolute Gasteiger partial charge is 0.299 e. The van der Waals surface area contributed by atoms with E-state index in [1.54, 1.807) is 12.3 Å². The second-order valence-electron chi connectivity index (χ2n) is 8.66. The molecule has 1 atom stereocenters. The van der Waals surface area contributed by atoms with Crippen molar-refractivity contribution in [1.29, 1.82) is 0 Å². The molecule has 1 aliphatic carbocycles. The minimum atomic E-state index is -0.384. The number of aromatic nitrogens is 1. The topological polar surface area (TPSA) is 30.0 Å². The predicted octanol–water partition coefficient (Wildman–Crippen LogP) is 6.43. The molecule has 3 rings (SSSR count). The molecular weight excluding hydrogens is 337 g/mol. The van der Waals surface area contributed by atoms with E-state index in [0.717, 1.165) is 29.4 Å². The summed E-state index contributed by atoms with van der Waals surface area (Å²) in [7, 11) is 0. The zero-order valence-electron chi connectivity index (χ0n) is 16.6. The standard InChI is InChI=1S/C24H30FNO/c1-17(2)14-24(3,15-18-8-5-4-6-9-18)22(27)13-19-12-20-10-7-11-21(25)23(20)26-16-19/h7,10-12,16,18H,1,4-6,8-9,13-15H2,2-3H3. The van der Waals surface area contributed by atoms with Crippen LogP contribution in [0, 0.1) is 17.2 Å². The van der Waals surface area contributed by atoms with E-state index in [1.807, 2.05) is 19.1 Å². The van der Waals surface area contributed by atoms with Gasteiger partial charge in [0.1, 0.15) is 17.1 Å². The van der Waals surface area contributed by atoms with Gasteiger partial charge in [-0.3, -0.25) is 9.78 Å². The molecule has 0 bridgehead atoms. The average Bonchev–Trinajstić information content (AvgIpc) is 2.62. The first-order chi connectivity index (χ1) is 12.9. The number of rotatable bonds is 7. The lowest BCUT2D eigenvalue weighted by Gasteiger charge is -2.34. The van der Waals surface area contributed by atoms with E-state index < -0.39 is 0 Å². The molecule has 0 N–H and O–H groups in total. The molecule has 1 aromatic heterocycles. The number of hydrogen-bond donors (Lipinski definition) is 0. The molecule has 1 heterocycles. The Bertz CT molecular complexity index is 837. The highest BCUT2D eigenvalue weighted by Gasteiger charge is 2.35. The fourth-order valence-corrected chi connectivity index (χ4v) is 4.64. The third kappa shape index (κ3) is 4.82. The van der Waals surface area contributed by atoms with Gasteiger partial charge in [-0.1, -0.05) is 56.7 Å². The molecule has 0 radical (unpaired) electrons. The Hall–Kier alpha value is -2.03. The summed E-state index contributed by atoms with van der Waals surface area (Å²) < 4.78 is 13.8. The second kappa shape index (κ2) is 8.33. The van der Waals surface area contributed by atoms with Gasteiger partial charge in [0.15, 0.2) is 0 Å². The van der Waals surface area contributed by atoms with Crippen LogP contribution in [0.2, 0.25) is 0 Å². The monoisotopic (exact) mass is 367 g/mol. The van der Waals surface area contributed by atoms with E-state index in [4.69, 9.17) is 0 Å². The van der Waals surface area contributed by atoms with Crippen molar-refractivity contribution in [2.45, 2.75) is 65.2 Å². The Morgan fingerprint density at radius 3 is 2.74 bits per heavy atom. The molecule has 0 amide bonds. The maximum atomic E-state index is 13.8. The number of allylic oxidation sites excluding steroid dienone is 1. The van der Waals surface area contributed by atoms with Gasteiger partial charge in [0.05, 0.1) is 0 Å². The molecule has 144 valence electrons. The number of para-hydroxylation sites is 1. The molecule has 1 aliphatic rings. The van der Waals surface area contributed by atoms with Crippen LogP contribution < -0.4 is 0 Å². The Balaban J connectivity index is 1.80. The third-order valence-electron chi connectivity index (χ3n) is 5.91. The normalized spacial score (nSPS) is 17.6. The van der Waals surface area contributed by atoms with Crippen LogP contribution in [0.15, 0.2) is 42.6 Å². The Morgan fingerprint density at radius 2 is 2.04 bits per heavy atom. The Morgan fingerprint density at radius 1 is 1.30 bits per heavy atom. The van der Waals surface area contributed by atoms with Crippen LogP contribution in [0.3, 0.4) is 0 Å². The van der Waals surface area contributed by atoms with Crippen molar-refractivity contribution in [3.63, 3.8) is 0 Å². The van der Waals surface area contributed by atoms with Gasteiger partial charge >= 0.3 is 0 Å². The first-order valence-electron chi connectivity index (χ1n) is 10.1. The molecule has 27 heavy (non-hydrogen) atoms. The molecule has 1 unspecified atom stereocenters. The number of hydrogen-bond acceptors (Lipinski definition) is 2. The Labute approximate surface area is 161 Å². The lowest BCUT2D eigenvalue weighted by molar-refractivity contribution is -0.128. The lowest BCUT2D eigenvalue weighted by atomic mass is 9.69. The van der Waals surface area contributed by atoms with Crippen molar-refractivity contribution in [3.8, 4) is 0 Å². The maximum Gasteiger partial charge on any atom is 0.149 e. The number of fused-ring (bicyclic) bond motifs is 1.